The number of likely N-dealkylation sites (tertiary alicyclic amines) is 1. The molecule has 0 aliphatic carbocycles. The number of nitrogens with zero attached hydrogens (tertiary/aromatic N) is 2. The van der Waals surface area contributed by atoms with Gasteiger partial charge < -0.3 is 10.2 Å². The smallest absolute Gasteiger partial charge is 0.255 e. The summed E-state index contributed by atoms with van der Waals surface area (Å²) in [4.78, 5) is 32.2. The summed E-state index contributed by atoms with van der Waals surface area (Å²) in [5.74, 6) is -0.0854. The van der Waals surface area contributed by atoms with E-state index < -0.39 is 5.41 Å². The minimum Gasteiger partial charge on any atom is -0.359 e. The third-order valence-electron chi connectivity index (χ3n) is 6.39. The summed E-state index contributed by atoms with van der Waals surface area (Å²) in [6, 6.07) is 20.3. The summed E-state index contributed by atoms with van der Waals surface area (Å²) >= 11 is 0. The molecule has 1 saturated heterocycles. The number of carbonyl (C=O) groups excluding carboxylic acids is 2. The minimum absolute atomic E-state index is 0.0140. The van der Waals surface area contributed by atoms with E-state index in [-0.39, 0.29) is 11.8 Å². The van der Waals surface area contributed by atoms with Crippen LogP contribution in [-0.2, 0) is 11.2 Å². The number of carbonyl (C=O) groups is 2. The van der Waals surface area contributed by atoms with Gasteiger partial charge in [-0.1, -0.05) is 54.1 Å². The highest BCUT2D eigenvalue weighted by molar-refractivity contribution is 5.94. The summed E-state index contributed by atoms with van der Waals surface area (Å²) < 4.78 is 0. The lowest BCUT2D eigenvalue weighted by Crippen LogP contribution is -2.54. The standard InChI is InChI=1S/C27H29N3O2/c1-20-10-12-21(13-11-20)24-9-4-3-7-22(24)17-27(26(32)28-2)14-6-16-30(19-27)25(31)23-8-5-15-29-18-23/h3-5,7-13,15,18H,6,14,16-17,19H2,1-2H3,(H,28,32)/t27-/m0/s1. The summed E-state index contributed by atoms with van der Waals surface area (Å²) in [7, 11) is 1.68. The van der Waals surface area contributed by atoms with Crippen molar-refractivity contribution in [2.24, 2.45) is 5.41 Å². The second-order valence-electron chi connectivity index (χ2n) is 8.63. The average Bonchev–Trinajstić information content (AvgIpc) is 2.84. The molecule has 32 heavy (non-hydrogen) atoms. The fraction of sp³-hybridized carbons (Fsp3) is 0.296. The van der Waals surface area contributed by atoms with Crippen LogP contribution in [0.1, 0.15) is 34.3 Å². The fourth-order valence-electron chi connectivity index (χ4n) is 4.71. The molecule has 1 aliphatic heterocycles. The molecule has 3 aromatic rings. The van der Waals surface area contributed by atoms with Crippen LogP contribution in [0.25, 0.3) is 11.1 Å². The van der Waals surface area contributed by atoms with Gasteiger partial charge in [0, 0.05) is 32.5 Å². The van der Waals surface area contributed by atoms with Crippen molar-refractivity contribution in [1.82, 2.24) is 15.2 Å². The lowest BCUT2D eigenvalue weighted by molar-refractivity contribution is -0.133. The molecule has 164 valence electrons. The highest BCUT2D eigenvalue weighted by Crippen LogP contribution is 2.37. The van der Waals surface area contributed by atoms with Crippen molar-refractivity contribution in [2.75, 3.05) is 20.1 Å². The first-order valence-corrected chi connectivity index (χ1v) is 11.1. The van der Waals surface area contributed by atoms with Gasteiger partial charge >= 0.3 is 0 Å². The number of aryl methyl sites for hydroxylation is 1. The molecular weight excluding hydrogens is 398 g/mol. The van der Waals surface area contributed by atoms with Crippen molar-refractivity contribution < 1.29 is 9.59 Å². The number of rotatable bonds is 5. The van der Waals surface area contributed by atoms with E-state index in [0.717, 1.165) is 29.5 Å². The summed E-state index contributed by atoms with van der Waals surface area (Å²) in [6.07, 6.45) is 5.35. The lowest BCUT2D eigenvalue weighted by atomic mass is 9.73. The molecule has 0 bridgehead atoms. The zero-order chi connectivity index (χ0) is 22.6. The Kier molecular flexibility index (Phi) is 6.35. The maximum atomic E-state index is 13.2. The summed E-state index contributed by atoms with van der Waals surface area (Å²) in [5.41, 5.74) is 4.48. The molecule has 1 fully saturated rings. The number of amides is 2. The van der Waals surface area contributed by atoms with Crippen molar-refractivity contribution in [2.45, 2.75) is 26.2 Å². The largest absolute Gasteiger partial charge is 0.359 e. The van der Waals surface area contributed by atoms with Crippen LogP contribution in [0.4, 0.5) is 0 Å². The van der Waals surface area contributed by atoms with E-state index in [1.807, 2.05) is 17.0 Å². The lowest BCUT2D eigenvalue weighted by Gasteiger charge is -2.42. The first-order valence-electron chi connectivity index (χ1n) is 11.1. The maximum Gasteiger partial charge on any atom is 0.255 e. The van der Waals surface area contributed by atoms with Gasteiger partial charge in [-0.05, 0) is 55.0 Å². The van der Waals surface area contributed by atoms with Gasteiger partial charge in [-0.2, -0.15) is 0 Å². The van der Waals surface area contributed by atoms with Crippen LogP contribution in [0.5, 0.6) is 0 Å². The van der Waals surface area contributed by atoms with Gasteiger partial charge in [0.05, 0.1) is 11.0 Å². The van der Waals surface area contributed by atoms with E-state index in [4.69, 9.17) is 0 Å². The van der Waals surface area contributed by atoms with Crippen LogP contribution < -0.4 is 5.32 Å². The Morgan fingerprint density at radius 3 is 2.56 bits per heavy atom. The van der Waals surface area contributed by atoms with E-state index in [1.165, 1.54) is 5.56 Å². The highest BCUT2D eigenvalue weighted by atomic mass is 16.2. The summed E-state index contributed by atoms with van der Waals surface area (Å²) in [6.45, 7) is 3.11. The second kappa shape index (κ2) is 9.35. The maximum absolute atomic E-state index is 13.2. The molecule has 0 saturated carbocycles. The predicted molar refractivity (Wildman–Crippen MR) is 126 cm³/mol. The Morgan fingerprint density at radius 1 is 1.06 bits per heavy atom. The molecule has 2 heterocycles. The molecule has 5 heteroatoms. The van der Waals surface area contributed by atoms with Crippen LogP contribution in [0.2, 0.25) is 0 Å². The first-order chi connectivity index (χ1) is 15.5. The van der Waals surface area contributed by atoms with E-state index in [2.05, 4.69) is 53.6 Å². The number of hydrogen-bond acceptors (Lipinski definition) is 3. The van der Waals surface area contributed by atoms with Crippen LogP contribution in [0.15, 0.2) is 73.1 Å². The van der Waals surface area contributed by atoms with Gasteiger partial charge in [-0.25, -0.2) is 0 Å². The SMILES string of the molecule is CNC(=O)[C@]1(Cc2ccccc2-c2ccc(C)cc2)CCCN(C(=O)c2cccnc2)C1. The predicted octanol–water partition coefficient (Wildman–Crippen LogP) is 4.27. The van der Waals surface area contributed by atoms with Crippen LogP contribution >= 0.6 is 0 Å². The van der Waals surface area contributed by atoms with Crippen LogP contribution in [0.3, 0.4) is 0 Å². The van der Waals surface area contributed by atoms with Gasteiger partial charge in [0.15, 0.2) is 0 Å². The Balaban J connectivity index is 1.67. The average molecular weight is 428 g/mol. The molecule has 1 aliphatic rings. The molecule has 2 aromatic carbocycles. The van der Waals surface area contributed by atoms with Gasteiger partial charge in [0.2, 0.25) is 5.91 Å². The van der Waals surface area contributed by atoms with Crippen molar-refractivity contribution >= 4 is 11.8 Å². The number of hydrogen-bond donors (Lipinski definition) is 1. The van der Waals surface area contributed by atoms with Crippen LogP contribution in [0, 0.1) is 12.3 Å². The third-order valence-corrected chi connectivity index (χ3v) is 6.39. The van der Waals surface area contributed by atoms with Gasteiger partial charge in [-0.3, -0.25) is 14.6 Å². The zero-order valence-electron chi connectivity index (χ0n) is 18.7. The second-order valence-corrected chi connectivity index (χ2v) is 8.63. The molecule has 1 atom stereocenters. The number of aromatic nitrogens is 1. The van der Waals surface area contributed by atoms with E-state index in [0.29, 0.717) is 25.1 Å². The monoisotopic (exact) mass is 427 g/mol. The normalized spacial score (nSPS) is 18.2. The molecule has 4 rings (SSSR count). The molecule has 1 N–H and O–H groups in total. The fourth-order valence-corrected chi connectivity index (χ4v) is 4.71. The third kappa shape index (κ3) is 4.42. The van der Waals surface area contributed by atoms with Gasteiger partial charge in [-0.15, -0.1) is 0 Å². The molecular formula is C27H29N3O2. The number of nitrogens with one attached hydrogen (secondary N) is 1. The molecule has 0 radical (unpaired) electrons. The van der Waals surface area contributed by atoms with Crippen molar-refractivity contribution in [3.8, 4) is 11.1 Å². The Morgan fingerprint density at radius 2 is 1.84 bits per heavy atom. The Bertz CT molecular complexity index is 1100. The van der Waals surface area contributed by atoms with Gasteiger partial charge in [0.1, 0.15) is 0 Å². The summed E-state index contributed by atoms with van der Waals surface area (Å²) in [5, 5.41) is 2.87. The highest BCUT2D eigenvalue weighted by Gasteiger charge is 2.43. The topological polar surface area (TPSA) is 62.3 Å². The van der Waals surface area contributed by atoms with Gasteiger partial charge in [0.25, 0.3) is 5.91 Å². The molecule has 0 spiro atoms. The van der Waals surface area contributed by atoms with Crippen LogP contribution in [-0.4, -0.2) is 41.8 Å². The first kappa shape index (κ1) is 21.8. The molecule has 1 aromatic heterocycles. The molecule has 0 unspecified atom stereocenters. The minimum atomic E-state index is -0.675. The van der Waals surface area contributed by atoms with E-state index in [1.54, 1.807) is 31.6 Å². The number of piperidine rings is 1. The zero-order valence-corrected chi connectivity index (χ0v) is 18.7. The molecule has 5 nitrogen and oxygen atoms in total. The van der Waals surface area contributed by atoms with Crippen molar-refractivity contribution in [3.05, 3.63) is 89.7 Å². The number of pyridine rings is 1. The van der Waals surface area contributed by atoms with Crippen molar-refractivity contribution in [3.63, 3.8) is 0 Å². The number of benzene rings is 2. The van der Waals surface area contributed by atoms with E-state index >= 15 is 0 Å². The quantitative estimate of drug-likeness (QED) is 0.662. The Labute approximate surface area is 189 Å². The van der Waals surface area contributed by atoms with Crippen molar-refractivity contribution in [1.29, 1.82) is 0 Å². The molecule has 2 amide bonds. The Hall–Kier alpha value is -3.47. The van der Waals surface area contributed by atoms with E-state index in [9.17, 15) is 9.59 Å².